The van der Waals surface area contributed by atoms with E-state index in [4.69, 9.17) is 0 Å². The minimum atomic E-state index is -0.768. The number of fused-ring (bicyclic) bond motifs is 2. The number of nitrogens with zero attached hydrogens (tertiary/aromatic N) is 3. The number of carbonyl (C=O) groups excluding carboxylic acids is 3. The lowest BCUT2D eigenvalue weighted by Crippen LogP contribution is -2.53. The fourth-order valence-corrected chi connectivity index (χ4v) is 7.42. The molecular weight excluding hydrogens is 402 g/mol. The van der Waals surface area contributed by atoms with Crippen LogP contribution >= 0.6 is 11.8 Å². The maximum absolute atomic E-state index is 13.7. The number of β-amino-alcohol motifs (C(OH)–C–C–N with tert-alkyl or cyclic N) is 1. The molecule has 4 aliphatic heterocycles. The topological polar surface area (TPSA) is 81.2 Å². The second kappa shape index (κ2) is 8.38. The minimum Gasteiger partial charge on any atom is -0.395 e. The molecular formula is C22H31N3O4S. The number of carbonyl (C=O) groups is 3. The van der Waals surface area contributed by atoms with Crippen LogP contribution < -0.4 is 0 Å². The van der Waals surface area contributed by atoms with E-state index in [1.165, 1.54) is 0 Å². The Balaban J connectivity index is 1.75. The molecule has 0 aromatic heterocycles. The van der Waals surface area contributed by atoms with Crippen molar-refractivity contribution in [3.63, 3.8) is 0 Å². The Morgan fingerprint density at radius 2 is 1.90 bits per heavy atom. The molecule has 1 spiro atoms. The van der Waals surface area contributed by atoms with Gasteiger partial charge in [0.05, 0.1) is 23.2 Å². The number of hydrogen-bond donors (Lipinski definition) is 1. The van der Waals surface area contributed by atoms with Crippen LogP contribution in [0.2, 0.25) is 0 Å². The molecule has 2 saturated heterocycles. The first-order valence-corrected chi connectivity index (χ1v) is 11.8. The number of unbranched alkanes of at least 4 members (excludes halogenated alkanes) is 2. The number of rotatable bonds is 6. The summed E-state index contributed by atoms with van der Waals surface area (Å²) in [6.45, 7) is 3.75. The zero-order chi connectivity index (χ0) is 21.5. The fraction of sp³-hybridized carbons (Fsp3) is 0.682. The summed E-state index contributed by atoms with van der Waals surface area (Å²) in [5, 5.41) is 9.51. The smallest absolute Gasteiger partial charge is 0.247 e. The molecule has 30 heavy (non-hydrogen) atoms. The quantitative estimate of drug-likeness (QED) is 0.497. The average Bonchev–Trinajstić information content (AvgIpc) is 3.04. The van der Waals surface area contributed by atoms with Gasteiger partial charge in [0.15, 0.2) is 0 Å². The minimum absolute atomic E-state index is 0.0396. The molecule has 0 aromatic carbocycles. The predicted molar refractivity (Wildman–Crippen MR) is 116 cm³/mol. The van der Waals surface area contributed by atoms with Gasteiger partial charge in [0.2, 0.25) is 17.7 Å². The standard InChI is InChI=1S/C22H31N3O4S/c1-3-4-5-11-24-12-7-9-22-17(20(28)25(13-14-26)18(22)21(24)29)16-15(30-22)8-6-10-23(2)19(16)27/h6-9,15-18,26H,3-5,10-14H2,1-2H3/t15-,16+,17+,18?,22+/m1/s1. The second-order valence-corrected chi connectivity index (χ2v) is 10.1. The third kappa shape index (κ3) is 3.19. The van der Waals surface area contributed by atoms with Gasteiger partial charge in [0.25, 0.3) is 0 Å². The molecule has 8 heteroatoms. The lowest BCUT2D eigenvalue weighted by Gasteiger charge is -2.35. The average molecular weight is 434 g/mol. The molecule has 2 fully saturated rings. The molecule has 1 N–H and O–H groups in total. The summed E-state index contributed by atoms with van der Waals surface area (Å²) >= 11 is 1.58. The first-order valence-electron chi connectivity index (χ1n) is 10.9. The number of thioether (sulfide) groups is 1. The third-order valence-corrected chi connectivity index (χ3v) is 8.56. The molecule has 164 valence electrons. The van der Waals surface area contributed by atoms with Gasteiger partial charge in [-0.2, -0.15) is 0 Å². The van der Waals surface area contributed by atoms with Crippen molar-refractivity contribution in [1.29, 1.82) is 0 Å². The molecule has 4 aliphatic rings. The zero-order valence-corrected chi connectivity index (χ0v) is 18.5. The van der Waals surface area contributed by atoms with E-state index >= 15 is 0 Å². The highest BCUT2D eigenvalue weighted by molar-refractivity contribution is 8.02. The van der Waals surface area contributed by atoms with E-state index in [9.17, 15) is 19.5 Å². The van der Waals surface area contributed by atoms with Crippen molar-refractivity contribution in [2.75, 3.05) is 39.8 Å². The summed E-state index contributed by atoms with van der Waals surface area (Å²) < 4.78 is -0.768. The second-order valence-electron chi connectivity index (χ2n) is 8.64. The lowest BCUT2D eigenvalue weighted by atomic mass is 9.78. The maximum Gasteiger partial charge on any atom is 0.247 e. The number of amides is 3. The molecule has 0 bridgehead atoms. The first kappa shape index (κ1) is 21.4. The van der Waals surface area contributed by atoms with Crippen LogP contribution in [0.25, 0.3) is 0 Å². The van der Waals surface area contributed by atoms with Gasteiger partial charge in [-0.15, -0.1) is 11.8 Å². The molecule has 5 atom stereocenters. The summed E-state index contributed by atoms with van der Waals surface area (Å²) in [7, 11) is 1.76. The van der Waals surface area contributed by atoms with Crippen molar-refractivity contribution in [3.8, 4) is 0 Å². The van der Waals surface area contributed by atoms with Gasteiger partial charge in [-0.3, -0.25) is 14.4 Å². The Labute approximate surface area is 182 Å². The Kier molecular flexibility index (Phi) is 5.99. The number of aliphatic hydroxyl groups excluding tert-OH is 1. The van der Waals surface area contributed by atoms with Crippen molar-refractivity contribution in [2.45, 2.75) is 42.2 Å². The van der Waals surface area contributed by atoms with Gasteiger partial charge in [-0.1, -0.05) is 44.1 Å². The van der Waals surface area contributed by atoms with E-state index in [0.29, 0.717) is 19.6 Å². The predicted octanol–water partition coefficient (Wildman–Crippen LogP) is 0.893. The van der Waals surface area contributed by atoms with Gasteiger partial charge in [0.1, 0.15) is 6.04 Å². The van der Waals surface area contributed by atoms with Gasteiger partial charge >= 0.3 is 0 Å². The molecule has 3 amide bonds. The number of likely N-dealkylation sites (tertiary alicyclic amines) is 1. The van der Waals surface area contributed by atoms with E-state index in [1.807, 2.05) is 29.2 Å². The van der Waals surface area contributed by atoms with Crippen LogP contribution in [-0.4, -0.2) is 93.4 Å². The van der Waals surface area contributed by atoms with E-state index in [1.54, 1.807) is 28.6 Å². The summed E-state index contributed by atoms with van der Waals surface area (Å²) in [6, 6.07) is -0.675. The Morgan fingerprint density at radius 3 is 2.63 bits per heavy atom. The summed E-state index contributed by atoms with van der Waals surface area (Å²) in [5.41, 5.74) is 0. The highest BCUT2D eigenvalue weighted by Crippen LogP contribution is 2.60. The van der Waals surface area contributed by atoms with Crippen molar-refractivity contribution in [3.05, 3.63) is 24.3 Å². The number of aliphatic hydroxyl groups is 1. The Hall–Kier alpha value is -1.80. The fourth-order valence-electron chi connectivity index (χ4n) is 5.41. The van der Waals surface area contributed by atoms with E-state index in [0.717, 1.165) is 19.3 Å². The van der Waals surface area contributed by atoms with Crippen LogP contribution in [0.3, 0.4) is 0 Å². The lowest BCUT2D eigenvalue weighted by molar-refractivity contribution is -0.144. The van der Waals surface area contributed by atoms with Crippen LogP contribution in [0, 0.1) is 11.8 Å². The van der Waals surface area contributed by atoms with Crippen LogP contribution in [0.1, 0.15) is 26.2 Å². The molecule has 0 aromatic rings. The zero-order valence-electron chi connectivity index (χ0n) is 17.7. The van der Waals surface area contributed by atoms with Crippen molar-refractivity contribution in [1.82, 2.24) is 14.7 Å². The van der Waals surface area contributed by atoms with Crippen LogP contribution in [-0.2, 0) is 14.4 Å². The molecule has 4 rings (SSSR count). The van der Waals surface area contributed by atoms with Crippen LogP contribution in [0.4, 0.5) is 0 Å². The van der Waals surface area contributed by atoms with E-state index in [-0.39, 0.29) is 36.1 Å². The normalized spacial score (nSPS) is 35.4. The van der Waals surface area contributed by atoms with Gasteiger partial charge < -0.3 is 19.8 Å². The van der Waals surface area contributed by atoms with Crippen molar-refractivity contribution < 1.29 is 19.5 Å². The molecule has 0 aliphatic carbocycles. The number of hydrogen-bond acceptors (Lipinski definition) is 5. The van der Waals surface area contributed by atoms with Gasteiger partial charge in [-0.05, 0) is 6.42 Å². The van der Waals surface area contributed by atoms with Crippen LogP contribution in [0.15, 0.2) is 24.3 Å². The maximum atomic E-state index is 13.7. The van der Waals surface area contributed by atoms with Gasteiger partial charge in [-0.25, -0.2) is 0 Å². The third-order valence-electron chi connectivity index (χ3n) is 6.82. The monoisotopic (exact) mass is 433 g/mol. The number of likely N-dealkylation sites (N-methyl/N-ethyl adjacent to an activating group) is 1. The molecule has 1 unspecified atom stereocenters. The summed E-state index contributed by atoms with van der Waals surface area (Å²) in [5.74, 6) is -1.35. The van der Waals surface area contributed by atoms with Crippen molar-refractivity contribution in [2.24, 2.45) is 11.8 Å². The summed E-state index contributed by atoms with van der Waals surface area (Å²) in [6.07, 6.45) is 11.1. The Morgan fingerprint density at radius 1 is 1.10 bits per heavy atom. The van der Waals surface area contributed by atoms with Crippen molar-refractivity contribution >= 4 is 29.5 Å². The molecule has 7 nitrogen and oxygen atoms in total. The summed E-state index contributed by atoms with van der Waals surface area (Å²) in [4.78, 5) is 45.5. The Bertz CT molecular complexity index is 784. The molecule has 4 heterocycles. The van der Waals surface area contributed by atoms with E-state index < -0.39 is 22.6 Å². The van der Waals surface area contributed by atoms with E-state index in [2.05, 4.69) is 6.92 Å². The highest BCUT2D eigenvalue weighted by Gasteiger charge is 2.70. The molecule has 0 radical (unpaired) electrons. The first-order chi connectivity index (χ1) is 14.5. The SMILES string of the molecule is CCCCCN1CC=C[C@]23S[C@@H]4C=CCN(C)C(=O)[C@@H]4[C@H]2C(=O)N(CCO)C3C1=O. The van der Waals surface area contributed by atoms with Crippen LogP contribution in [0.5, 0.6) is 0 Å². The molecule has 0 saturated carbocycles. The largest absolute Gasteiger partial charge is 0.395 e. The van der Waals surface area contributed by atoms with Gasteiger partial charge in [0, 0.05) is 38.5 Å². The highest BCUT2D eigenvalue weighted by atomic mass is 32.2.